The Hall–Kier alpha value is -5.95. The molecule has 47 heavy (non-hydrogen) atoms. The number of ether oxygens (including phenoxy) is 1. The van der Waals surface area contributed by atoms with Crippen LogP contribution < -0.4 is 19.9 Å². The van der Waals surface area contributed by atoms with Gasteiger partial charge in [-0.25, -0.2) is 0 Å². The lowest BCUT2D eigenvalue weighted by atomic mass is 9.98. The van der Waals surface area contributed by atoms with Gasteiger partial charge in [-0.2, -0.15) is 13.2 Å². The predicted molar refractivity (Wildman–Crippen MR) is 183 cm³/mol. The highest BCUT2D eigenvalue weighted by Crippen LogP contribution is 2.54. The van der Waals surface area contributed by atoms with E-state index < -0.39 is 11.7 Å². The third kappa shape index (κ3) is 4.31. The van der Waals surface area contributed by atoms with Crippen LogP contribution in [0.5, 0.6) is 11.5 Å². The van der Waals surface area contributed by atoms with Gasteiger partial charge < -0.3 is 19.9 Å². The molecular weight excluding hydrogens is 595 g/mol. The van der Waals surface area contributed by atoms with Crippen LogP contribution in [0.1, 0.15) is 17.3 Å². The second kappa shape index (κ2) is 10.3. The van der Waals surface area contributed by atoms with Crippen molar-refractivity contribution in [1.82, 2.24) is 0 Å². The van der Waals surface area contributed by atoms with Gasteiger partial charge in [0.2, 0.25) is 0 Å². The zero-order chi connectivity index (χ0) is 31.7. The van der Waals surface area contributed by atoms with Gasteiger partial charge in [-0.15, -0.1) is 0 Å². The molecule has 7 aromatic carbocycles. The van der Waals surface area contributed by atoms with E-state index in [0.29, 0.717) is 5.69 Å². The number of hydrogen-bond donors (Lipinski definition) is 1. The minimum atomic E-state index is -4.42. The predicted octanol–water partition coefficient (Wildman–Crippen LogP) is 11.8. The topological polar surface area (TPSA) is 27.7 Å². The van der Waals surface area contributed by atoms with E-state index in [0.717, 1.165) is 79.2 Å². The number of nitrogens with one attached hydrogen (secondary N) is 1. The molecule has 2 aliphatic rings. The molecule has 9 rings (SSSR count). The molecule has 0 bridgehead atoms. The normalized spacial score (nSPS) is 15.2. The summed E-state index contributed by atoms with van der Waals surface area (Å²) in [5, 5.41) is 8.05. The van der Waals surface area contributed by atoms with Crippen LogP contribution in [0.15, 0.2) is 146 Å². The quantitative estimate of drug-likeness (QED) is 0.199. The molecule has 7 heteroatoms. The van der Waals surface area contributed by atoms with Crippen LogP contribution in [0.4, 0.5) is 47.3 Å². The lowest BCUT2D eigenvalue weighted by Crippen LogP contribution is -2.24. The van der Waals surface area contributed by atoms with Crippen molar-refractivity contribution >= 4 is 55.7 Å². The van der Waals surface area contributed by atoms with E-state index in [-0.39, 0.29) is 6.17 Å². The number of benzene rings is 7. The Morgan fingerprint density at radius 3 is 1.66 bits per heavy atom. The molecule has 2 aliphatic heterocycles. The first kappa shape index (κ1) is 27.4. The Kier molecular flexibility index (Phi) is 5.99. The highest BCUT2D eigenvalue weighted by Gasteiger charge is 2.36. The van der Waals surface area contributed by atoms with E-state index in [1.54, 1.807) is 12.1 Å². The van der Waals surface area contributed by atoms with E-state index in [9.17, 15) is 13.2 Å². The molecule has 228 valence electrons. The number of halogens is 3. The second-order valence-corrected chi connectivity index (χ2v) is 11.7. The smallest absolute Gasteiger partial charge is 0.416 e. The van der Waals surface area contributed by atoms with Crippen LogP contribution in [-0.4, -0.2) is 0 Å². The summed E-state index contributed by atoms with van der Waals surface area (Å²) in [6, 6.07) is 46.1. The number of anilines is 6. The van der Waals surface area contributed by atoms with E-state index in [2.05, 4.69) is 63.6 Å². The van der Waals surface area contributed by atoms with Crippen molar-refractivity contribution in [2.75, 3.05) is 15.1 Å². The summed E-state index contributed by atoms with van der Waals surface area (Å²) < 4.78 is 47.0. The summed E-state index contributed by atoms with van der Waals surface area (Å²) in [5.74, 6) is 1.55. The highest BCUT2D eigenvalue weighted by molar-refractivity contribution is 6.22. The molecular formula is C40H26F3N3O. The maximum absolute atomic E-state index is 13.6. The number of para-hydroxylation sites is 4. The Morgan fingerprint density at radius 1 is 0.532 bits per heavy atom. The Bertz CT molecular complexity index is 2270. The fourth-order valence-electron chi connectivity index (χ4n) is 6.96. The molecule has 0 amide bonds. The maximum atomic E-state index is 13.6. The number of fused-ring (bicyclic) bond motifs is 8. The molecule has 1 atom stereocenters. The molecule has 0 saturated heterocycles. The lowest BCUT2D eigenvalue weighted by Gasteiger charge is -2.33. The Morgan fingerprint density at radius 2 is 1.04 bits per heavy atom. The van der Waals surface area contributed by atoms with E-state index in [1.165, 1.54) is 0 Å². The molecule has 0 spiro atoms. The molecule has 4 nitrogen and oxygen atoms in total. The van der Waals surface area contributed by atoms with Crippen LogP contribution in [0.3, 0.4) is 0 Å². The fraction of sp³-hybridized carbons (Fsp3) is 0.0500. The van der Waals surface area contributed by atoms with E-state index in [4.69, 9.17) is 4.74 Å². The van der Waals surface area contributed by atoms with Gasteiger partial charge in [0.1, 0.15) is 6.17 Å². The zero-order valence-corrected chi connectivity index (χ0v) is 24.9. The van der Waals surface area contributed by atoms with Crippen molar-refractivity contribution in [3.05, 3.63) is 157 Å². The molecule has 2 heterocycles. The van der Waals surface area contributed by atoms with Crippen LogP contribution in [0, 0.1) is 0 Å². The van der Waals surface area contributed by atoms with Crippen molar-refractivity contribution in [1.29, 1.82) is 0 Å². The third-order valence-corrected chi connectivity index (χ3v) is 9.06. The zero-order valence-electron chi connectivity index (χ0n) is 24.9. The summed E-state index contributed by atoms with van der Waals surface area (Å²) in [6.45, 7) is 0. The van der Waals surface area contributed by atoms with Crippen molar-refractivity contribution in [3.8, 4) is 11.5 Å². The van der Waals surface area contributed by atoms with Crippen molar-refractivity contribution in [3.63, 3.8) is 0 Å². The Labute approximate surface area is 268 Å². The van der Waals surface area contributed by atoms with Gasteiger partial charge in [0.05, 0.1) is 28.3 Å². The lowest BCUT2D eigenvalue weighted by molar-refractivity contribution is -0.137. The highest BCUT2D eigenvalue weighted by atomic mass is 19.4. The third-order valence-electron chi connectivity index (χ3n) is 9.06. The number of hydrogen-bond acceptors (Lipinski definition) is 4. The van der Waals surface area contributed by atoms with Crippen molar-refractivity contribution in [2.24, 2.45) is 0 Å². The summed E-state index contributed by atoms with van der Waals surface area (Å²) in [4.78, 5) is 4.31. The minimum absolute atomic E-state index is 0.380. The molecule has 0 aromatic heterocycles. The van der Waals surface area contributed by atoms with Gasteiger partial charge in [0, 0.05) is 22.1 Å². The summed E-state index contributed by atoms with van der Waals surface area (Å²) in [5.41, 5.74) is 5.67. The van der Waals surface area contributed by atoms with Crippen LogP contribution >= 0.6 is 0 Å². The average molecular weight is 622 g/mol. The van der Waals surface area contributed by atoms with Gasteiger partial charge in [-0.05, 0) is 77.0 Å². The van der Waals surface area contributed by atoms with Gasteiger partial charge >= 0.3 is 6.18 Å². The maximum Gasteiger partial charge on any atom is 0.416 e. The molecule has 0 saturated carbocycles. The molecule has 0 radical (unpaired) electrons. The summed E-state index contributed by atoms with van der Waals surface area (Å²) in [7, 11) is 0. The molecule has 7 aromatic rings. The van der Waals surface area contributed by atoms with Crippen molar-refractivity contribution < 1.29 is 17.9 Å². The summed E-state index contributed by atoms with van der Waals surface area (Å²) in [6.07, 6.45) is -4.80. The molecule has 1 N–H and O–H groups in total. The van der Waals surface area contributed by atoms with Gasteiger partial charge in [0.25, 0.3) is 0 Å². The average Bonchev–Trinajstić information content (AvgIpc) is 3.52. The largest absolute Gasteiger partial charge is 0.453 e. The van der Waals surface area contributed by atoms with Crippen LogP contribution in [0.25, 0.3) is 21.5 Å². The Balaban J connectivity index is 1.20. The van der Waals surface area contributed by atoms with Gasteiger partial charge in [-0.1, -0.05) is 84.9 Å². The monoisotopic (exact) mass is 621 g/mol. The van der Waals surface area contributed by atoms with Crippen LogP contribution in [0.2, 0.25) is 0 Å². The second-order valence-electron chi connectivity index (χ2n) is 11.7. The van der Waals surface area contributed by atoms with Crippen LogP contribution in [-0.2, 0) is 6.18 Å². The molecule has 0 fully saturated rings. The molecule has 1 unspecified atom stereocenters. The van der Waals surface area contributed by atoms with E-state index >= 15 is 0 Å². The fourth-order valence-corrected chi connectivity index (χ4v) is 6.96. The van der Waals surface area contributed by atoms with Gasteiger partial charge in [0.15, 0.2) is 11.5 Å². The van der Waals surface area contributed by atoms with Gasteiger partial charge in [-0.3, -0.25) is 0 Å². The minimum Gasteiger partial charge on any atom is -0.453 e. The number of alkyl halides is 3. The first-order chi connectivity index (χ1) is 23.0. The standard InChI is InChI=1S/C40H26F3N3O/c41-40(42,43)26-19-23-28(24-20-26)46-38-32-12-4-2-10-30(32)29-9-1-3-11-31(29)37(38)44-39(46)25-17-21-27(22-18-25)45-33-13-5-7-15-35(33)47-36-16-8-6-14-34(36)45/h1-24,39,44H. The first-order valence-corrected chi connectivity index (χ1v) is 15.4. The van der Waals surface area contributed by atoms with E-state index in [1.807, 2.05) is 72.8 Å². The number of rotatable bonds is 3. The first-order valence-electron chi connectivity index (χ1n) is 15.4. The SMILES string of the molecule is FC(F)(F)c1ccc(N2c3c(c4ccccc4c4ccccc34)NC2c2ccc(N3c4ccccc4Oc4ccccc43)cc2)cc1. The number of nitrogens with zero attached hydrogens (tertiary/aromatic N) is 2. The summed E-state index contributed by atoms with van der Waals surface area (Å²) >= 11 is 0. The molecule has 0 aliphatic carbocycles. The van der Waals surface area contributed by atoms with Crippen molar-refractivity contribution in [2.45, 2.75) is 12.3 Å².